The Bertz CT molecular complexity index is 3550. The minimum Gasteiger partial charge on any atom is -0.455 e. The summed E-state index contributed by atoms with van der Waals surface area (Å²) in [7, 11) is 0. The summed E-state index contributed by atoms with van der Waals surface area (Å²) in [5.74, 6) is 2.71. The van der Waals surface area contributed by atoms with Gasteiger partial charge in [-0.3, -0.25) is 0 Å². The smallest absolute Gasteiger partial charge is 0.143 e. The van der Waals surface area contributed by atoms with E-state index in [0.717, 1.165) is 76.8 Å². The molecule has 4 heteroatoms. The van der Waals surface area contributed by atoms with Gasteiger partial charge in [-0.15, -0.1) is 0 Å². The van der Waals surface area contributed by atoms with Gasteiger partial charge in [0.1, 0.15) is 22.3 Å². The van der Waals surface area contributed by atoms with Gasteiger partial charge in [0, 0.05) is 66.4 Å². The molecule has 15 rings (SSSR count). The molecule has 4 aliphatic rings. The number of furan rings is 2. The van der Waals surface area contributed by atoms with Gasteiger partial charge in [-0.1, -0.05) is 138 Å². The van der Waals surface area contributed by atoms with E-state index in [-0.39, 0.29) is 0 Å². The molecule has 9 aromatic carbocycles. The van der Waals surface area contributed by atoms with Crippen LogP contribution in [0.3, 0.4) is 0 Å². The summed E-state index contributed by atoms with van der Waals surface area (Å²) in [6.45, 7) is 0. The molecule has 0 radical (unpaired) electrons. The largest absolute Gasteiger partial charge is 0.455 e. The lowest BCUT2D eigenvalue weighted by atomic mass is 9.84. The standard InChI is InChI=1S/C74H72N2O2/c1-5-13-49(14-6-1)53-21-31-59(32-22-53)75(60-33-23-54(24-34-60)50-15-7-2-8-16-50)63-39-43-65-57(45-63)29-41-67-69-47-72-70(48-71(69)77-73(65)67)68-42-30-58-46-64(40-44-66(58)74(68)78-72)76(61-35-25-55(26-36-61)51-17-9-3-10-18-51)62-37-27-56(28-38-62)52-19-11-4-12-20-52/h21-52H,1-20H2. The third-order valence-electron chi connectivity index (χ3n) is 19.4. The quantitative estimate of drug-likeness (QED) is 0.137. The van der Waals surface area contributed by atoms with Gasteiger partial charge < -0.3 is 18.6 Å². The molecule has 4 fully saturated rings. The van der Waals surface area contributed by atoms with Crippen molar-refractivity contribution < 1.29 is 8.83 Å². The molecule has 0 amide bonds. The van der Waals surface area contributed by atoms with Gasteiger partial charge >= 0.3 is 0 Å². The number of hydrogen-bond acceptors (Lipinski definition) is 4. The first-order valence-electron chi connectivity index (χ1n) is 30.3. The van der Waals surface area contributed by atoms with Gasteiger partial charge in [0.05, 0.1) is 0 Å². The van der Waals surface area contributed by atoms with E-state index >= 15 is 0 Å². The predicted molar refractivity (Wildman–Crippen MR) is 329 cm³/mol. The van der Waals surface area contributed by atoms with Gasteiger partial charge in [-0.05, 0) is 217 Å². The van der Waals surface area contributed by atoms with Crippen LogP contribution < -0.4 is 9.80 Å². The summed E-state index contributed by atoms with van der Waals surface area (Å²) in [6.07, 6.45) is 26.7. The molecule has 2 heterocycles. The molecule has 0 saturated heterocycles. The molecule has 0 atom stereocenters. The number of rotatable bonds is 10. The van der Waals surface area contributed by atoms with E-state index in [2.05, 4.69) is 180 Å². The Morgan fingerprint density at radius 2 is 0.513 bits per heavy atom. The summed E-state index contributed by atoms with van der Waals surface area (Å²) in [6, 6.07) is 65.3. The van der Waals surface area contributed by atoms with E-state index in [4.69, 9.17) is 8.83 Å². The molecule has 4 saturated carbocycles. The van der Waals surface area contributed by atoms with E-state index in [1.165, 1.54) is 173 Å². The average molecular weight is 1020 g/mol. The number of hydrogen-bond donors (Lipinski definition) is 0. The van der Waals surface area contributed by atoms with Crippen LogP contribution in [0.15, 0.2) is 179 Å². The van der Waals surface area contributed by atoms with E-state index in [0.29, 0.717) is 23.7 Å². The normalized spacial score (nSPS) is 17.5. The fourth-order valence-electron chi connectivity index (χ4n) is 15.1. The van der Waals surface area contributed by atoms with Gasteiger partial charge in [0.15, 0.2) is 0 Å². The molecule has 0 unspecified atom stereocenters. The highest BCUT2D eigenvalue weighted by Gasteiger charge is 2.24. The molecular weight excluding hydrogens is 949 g/mol. The third-order valence-corrected chi connectivity index (χ3v) is 19.4. The van der Waals surface area contributed by atoms with Crippen LogP contribution in [0.2, 0.25) is 0 Å². The molecule has 0 aliphatic heterocycles. The van der Waals surface area contributed by atoms with E-state index in [1.54, 1.807) is 0 Å². The predicted octanol–water partition coefficient (Wildman–Crippen LogP) is 22.9. The van der Waals surface area contributed by atoms with Crippen molar-refractivity contribution in [3.8, 4) is 0 Å². The van der Waals surface area contributed by atoms with Crippen molar-refractivity contribution in [1.29, 1.82) is 0 Å². The molecule has 0 N–H and O–H groups in total. The molecule has 2 aromatic heterocycles. The zero-order valence-corrected chi connectivity index (χ0v) is 45.3. The fourth-order valence-corrected chi connectivity index (χ4v) is 15.1. The zero-order valence-electron chi connectivity index (χ0n) is 45.3. The van der Waals surface area contributed by atoms with Gasteiger partial charge in [0.25, 0.3) is 0 Å². The van der Waals surface area contributed by atoms with Crippen LogP contribution in [-0.4, -0.2) is 0 Å². The Hall–Kier alpha value is -7.30. The first-order chi connectivity index (χ1) is 38.6. The van der Waals surface area contributed by atoms with Crippen LogP contribution in [-0.2, 0) is 0 Å². The van der Waals surface area contributed by atoms with Crippen molar-refractivity contribution in [2.75, 3.05) is 9.80 Å². The molecule has 4 nitrogen and oxygen atoms in total. The summed E-state index contributed by atoms with van der Waals surface area (Å²) in [4.78, 5) is 4.90. The molecule has 78 heavy (non-hydrogen) atoms. The van der Waals surface area contributed by atoms with Crippen LogP contribution in [0.5, 0.6) is 0 Å². The fraction of sp³-hybridized carbons (Fsp3) is 0.324. The maximum atomic E-state index is 6.94. The summed E-state index contributed by atoms with van der Waals surface area (Å²) in [5.41, 5.74) is 16.6. The minimum atomic E-state index is 0.676. The minimum absolute atomic E-state index is 0.676. The highest BCUT2D eigenvalue weighted by Crippen LogP contribution is 2.46. The van der Waals surface area contributed by atoms with E-state index in [1.807, 2.05) is 0 Å². The topological polar surface area (TPSA) is 32.8 Å². The van der Waals surface area contributed by atoms with Crippen LogP contribution in [0, 0.1) is 0 Å². The molecule has 11 aromatic rings. The lowest BCUT2D eigenvalue weighted by Gasteiger charge is -2.28. The third kappa shape index (κ3) is 8.84. The SMILES string of the molecule is c1cc(N(c2ccc(C3CCCCC3)cc2)c2ccc3c(ccc4c5cc6oc7c8ccc(N(c9ccc(C%10CCCCC%10)cc9)c9ccc(C%10CCCCC%10)cc9)cc8ccc7c6cc5oc34)c2)ccc1C1CCCCC1. The summed E-state index contributed by atoms with van der Waals surface area (Å²) < 4.78 is 13.9. The van der Waals surface area contributed by atoms with Crippen molar-refractivity contribution in [2.45, 2.75) is 152 Å². The molecular formula is C74H72N2O2. The van der Waals surface area contributed by atoms with Crippen LogP contribution >= 0.6 is 0 Å². The molecule has 0 spiro atoms. The van der Waals surface area contributed by atoms with Gasteiger partial charge in [-0.2, -0.15) is 0 Å². The van der Waals surface area contributed by atoms with Crippen LogP contribution in [0.1, 0.15) is 174 Å². The van der Waals surface area contributed by atoms with E-state index in [9.17, 15) is 0 Å². The van der Waals surface area contributed by atoms with Gasteiger partial charge in [0.2, 0.25) is 0 Å². The first-order valence-corrected chi connectivity index (χ1v) is 30.3. The number of nitrogens with zero attached hydrogens (tertiary/aromatic N) is 2. The van der Waals surface area contributed by atoms with Crippen molar-refractivity contribution >= 4 is 99.5 Å². The number of benzene rings is 9. The maximum Gasteiger partial charge on any atom is 0.143 e. The zero-order chi connectivity index (χ0) is 51.5. The summed E-state index contributed by atoms with van der Waals surface area (Å²) >= 11 is 0. The number of anilines is 6. The van der Waals surface area contributed by atoms with Crippen molar-refractivity contribution in [3.63, 3.8) is 0 Å². The van der Waals surface area contributed by atoms with Crippen LogP contribution in [0.25, 0.3) is 65.4 Å². The van der Waals surface area contributed by atoms with Crippen molar-refractivity contribution in [3.05, 3.63) is 192 Å². The monoisotopic (exact) mass is 1020 g/mol. The molecule has 390 valence electrons. The van der Waals surface area contributed by atoms with Crippen LogP contribution in [0.4, 0.5) is 34.1 Å². The molecule has 4 aliphatic carbocycles. The van der Waals surface area contributed by atoms with Gasteiger partial charge in [-0.25, -0.2) is 0 Å². The molecule has 0 bridgehead atoms. The highest BCUT2D eigenvalue weighted by atomic mass is 16.3. The highest BCUT2D eigenvalue weighted by molar-refractivity contribution is 6.21. The number of fused-ring (bicyclic) bond motifs is 10. The Labute approximate surface area is 460 Å². The summed E-state index contributed by atoms with van der Waals surface area (Å²) in [5, 5.41) is 8.92. The lowest BCUT2D eigenvalue weighted by molar-refractivity contribution is 0.443. The maximum absolute atomic E-state index is 6.94. The lowest BCUT2D eigenvalue weighted by Crippen LogP contribution is -2.11. The second kappa shape index (κ2) is 20.5. The van der Waals surface area contributed by atoms with E-state index < -0.39 is 0 Å². The second-order valence-electron chi connectivity index (χ2n) is 24.1. The average Bonchev–Trinajstić information content (AvgIpc) is 4.26. The first kappa shape index (κ1) is 47.9. The van der Waals surface area contributed by atoms with Crippen molar-refractivity contribution in [1.82, 2.24) is 0 Å². The Morgan fingerprint density at radius 1 is 0.244 bits per heavy atom. The van der Waals surface area contributed by atoms with Crippen molar-refractivity contribution in [2.24, 2.45) is 0 Å². The second-order valence-corrected chi connectivity index (χ2v) is 24.1. The Morgan fingerprint density at radius 3 is 0.808 bits per heavy atom. The Kier molecular flexibility index (Phi) is 12.6. The Balaban J connectivity index is 0.766.